The summed E-state index contributed by atoms with van der Waals surface area (Å²) < 4.78 is 74.4. The van der Waals surface area contributed by atoms with Gasteiger partial charge in [0.25, 0.3) is 15.9 Å². The normalized spacial score (nSPS) is 14.6. The molecule has 4 aromatic rings. The summed E-state index contributed by atoms with van der Waals surface area (Å²) in [5, 5.41) is 2.04. The van der Waals surface area contributed by atoms with Crippen LogP contribution in [0.3, 0.4) is 0 Å². The van der Waals surface area contributed by atoms with Crippen LogP contribution in [0.2, 0.25) is 0 Å². The molecule has 13 heteroatoms. The standard InChI is InChI=1S/C30H36N4O7S2/c1-4-31-41-43(38,39)19-9-16-33-26-20-22(3)12-15-27(26)40-29(33)21-28-32(5-2)25-14-13-23-10-6-7-11-24(23)30(25)34(28)17-8-18-42(35,36)37/h6-7,10-15,20-21,31H,4-5,8-9,16-19H2,1-3H3. The van der Waals surface area contributed by atoms with E-state index in [1.807, 2.05) is 77.9 Å². The van der Waals surface area contributed by atoms with Gasteiger partial charge in [-0.05, 0) is 68.0 Å². The Kier molecular flexibility index (Phi) is 9.09. The van der Waals surface area contributed by atoms with Gasteiger partial charge in [0.2, 0.25) is 5.88 Å². The average molecular weight is 629 g/mol. The molecule has 1 aliphatic heterocycles. The number of nitrogens with zero attached hydrogens (tertiary/aromatic N) is 3. The Hall–Kier alpha value is -3.49. The van der Waals surface area contributed by atoms with Crippen molar-refractivity contribution in [3.63, 3.8) is 0 Å². The molecule has 1 aromatic heterocycles. The zero-order valence-corrected chi connectivity index (χ0v) is 26.1. The van der Waals surface area contributed by atoms with Gasteiger partial charge in [0.05, 0.1) is 40.7 Å². The van der Waals surface area contributed by atoms with Gasteiger partial charge in [0, 0.05) is 24.2 Å². The second-order valence-electron chi connectivity index (χ2n) is 10.4. The fraction of sp³-hybridized carbons (Fsp3) is 0.367. The lowest BCUT2D eigenvalue weighted by atomic mass is 10.1. The topological polar surface area (TPSA) is 134 Å². The predicted octanol–water partition coefficient (Wildman–Crippen LogP) is 3.80. The number of hydrogen-bond donors (Lipinski definition) is 1. The van der Waals surface area contributed by atoms with Crippen molar-refractivity contribution in [2.45, 2.75) is 46.7 Å². The van der Waals surface area contributed by atoms with Crippen molar-refractivity contribution in [2.24, 2.45) is 0 Å². The number of hydrogen-bond acceptors (Lipinski definition) is 9. The maximum Gasteiger partial charge on any atom is 0.287 e. The minimum absolute atomic E-state index is 0.145. The van der Waals surface area contributed by atoms with E-state index in [0.29, 0.717) is 37.8 Å². The number of anilines is 1. The van der Waals surface area contributed by atoms with E-state index >= 15 is 0 Å². The van der Waals surface area contributed by atoms with Gasteiger partial charge in [-0.25, -0.2) is 17.6 Å². The van der Waals surface area contributed by atoms with Crippen molar-refractivity contribution in [2.75, 3.05) is 29.5 Å². The summed E-state index contributed by atoms with van der Waals surface area (Å²) in [6.07, 6.45) is 2.33. The molecule has 0 atom stereocenters. The molecule has 2 heterocycles. The number of ether oxygens (including phenoxy) is 1. The van der Waals surface area contributed by atoms with E-state index in [-0.39, 0.29) is 18.6 Å². The van der Waals surface area contributed by atoms with Crippen LogP contribution >= 0.6 is 0 Å². The van der Waals surface area contributed by atoms with Crippen molar-refractivity contribution in [1.29, 1.82) is 0 Å². The van der Waals surface area contributed by atoms with Gasteiger partial charge < -0.3 is 14.2 Å². The second kappa shape index (κ2) is 12.6. The van der Waals surface area contributed by atoms with E-state index in [9.17, 15) is 21.4 Å². The lowest BCUT2D eigenvalue weighted by molar-refractivity contribution is -0.673. The van der Waals surface area contributed by atoms with Crippen LogP contribution in [-0.2, 0) is 37.6 Å². The van der Waals surface area contributed by atoms with Crippen LogP contribution < -0.4 is 19.7 Å². The van der Waals surface area contributed by atoms with Crippen molar-refractivity contribution in [3.8, 4) is 5.75 Å². The van der Waals surface area contributed by atoms with Crippen LogP contribution in [0.5, 0.6) is 5.75 Å². The molecule has 11 nitrogen and oxygen atoms in total. The summed E-state index contributed by atoms with van der Waals surface area (Å²) in [5.74, 6) is 1.27. The average Bonchev–Trinajstić information content (AvgIpc) is 3.45. The predicted molar refractivity (Wildman–Crippen MR) is 165 cm³/mol. The number of aryl methyl sites for hydroxylation is 3. The number of hydroxylamine groups is 1. The maximum absolute atomic E-state index is 12.3. The van der Waals surface area contributed by atoms with Crippen molar-refractivity contribution in [1.82, 2.24) is 10.0 Å². The highest BCUT2D eigenvalue weighted by atomic mass is 32.2. The Morgan fingerprint density at radius 1 is 1.02 bits per heavy atom. The molecule has 43 heavy (non-hydrogen) atoms. The molecule has 0 bridgehead atoms. The molecule has 0 spiro atoms. The molecule has 3 aromatic carbocycles. The largest absolute Gasteiger partial charge is 0.748 e. The van der Waals surface area contributed by atoms with Gasteiger partial charge >= 0.3 is 0 Å². The highest BCUT2D eigenvalue weighted by molar-refractivity contribution is 7.86. The van der Waals surface area contributed by atoms with Crippen LogP contribution in [-0.4, -0.2) is 50.6 Å². The molecule has 0 amide bonds. The number of aromatic nitrogens is 2. The van der Waals surface area contributed by atoms with Gasteiger partial charge in [-0.2, -0.15) is 18.2 Å². The number of benzene rings is 3. The van der Waals surface area contributed by atoms with Gasteiger partial charge in [-0.1, -0.05) is 31.2 Å². The minimum atomic E-state index is -4.38. The monoisotopic (exact) mass is 628 g/mol. The zero-order valence-electron chi connectivity index (χ0n) is 24.4. The van der Waals surface area contributed by atoms with E-state index in [0.717, 1.165) is 38.9 Å². The number of imidazole rings is 1. The van der Waals surface area contributed by atoms with E-state index in [1.54, 1.807) is 6.92 Å². The number of rotatable bonds is 13. The second-order valence-corrected chi connectivity index (χ2v) is 13.6. The van der Waals surface area contributed by atoms with Gasteiger partial charge in [0.1, 0.15) is 0 Å². The Balaban J connectivity index is 1.61. The number of fused-ring (bicyclic) bond motifs is 4. The molecule has 0 unspecified atom stereocenters. The summed E-state index contributed by atoms with van der Waals surface area (Å²) in [6.45, 7) is 7.38. The first-order valence-corrected chi connectivity index (χ1v) is 17.5. The molecule has 5 rings (SSSR count). The van der Waals surface area contributed by atoms with Crippen LogP contribution in [0.15, 0.2) is 60.5 Å². The Bertz CT molecular complexity index is 1900. The fourth-order valence-corrected chi connectivity index (χ4v) is 6.84. The highest BCUT2D eigenvalue weighted by Crippen LogP contribution is 2.40. The third-order valence-electron chi connectivity index (χ3n) is 7.33. The molecule has 0 radical (unpaired) electrons. The Morgan fingerprint density at radius 3 is 2.56 bits per heavy atom. The summed E-state index contributed by atoms with van der Waals surface area (Å²) in [6, 6.07) is 17.9. The fourth-order valence-electron chi connectivity index (χ4n) is 5.49. The maximum atomic E-state index is 12.3. The lowest BCUT2D eigenvalue weighted by Crippen LogP contribution is -2.38. The molecule has 1 N–H and O–H groups in total. The first-order valence-electron chi connectivity index (χ1n) is 14.3. The van der Waals surface area contributed by atoms with Gasteiger partial charge in [-0.3, -0.25) is 0 Å². The van der Waals surface area contributed by atoms with Gasteiger partial charge in [0.15, 0.2) is 16.8 Å². The van der Waals surface area contributed by atoms with E-state index in [2.05, 4.69) is 16.1 Å². The summed E-state index contributed by atoms with van der Waals surface area (Å²) in [5.41, 5.74) is 6.14. The SMILES string of the molecule is CCNOS(=O)(=O)CCCN1C(=Cc2n(CC)c3ccc4ccccc4c3[n+]2CCCS(=O)(=O)[O-])Oc2ccc(C)cc21. The zero-order chi connectivity index (χ0) is 30.8. The number of nitrogens with one attached hydrogen (secondary N) is 1. The smallest absolute Gasteiger partial charge is 0.287 e. The first kappa shape index (κ1) is 31.0. The minimum Gasteiger partial charge on any atom is -0.748 e. The third-order valence-corrected chi connectivity index (χ3v) is 9.28. The van der Waals surface area contributed by atoms with Crippen LogP contribution in [0.4, 0.5) is 5.69 Å². The highest BCUT2D eigenvalue weighted by Gasteiger charge is 2.31. The van der Waals surface area contributed by atoms with Crippen molar-refractivity contribution >= 4 is 53.8 Å². The molecule has 230 valence electrons. The molecule has 0 saturated carbocycles. The summed E-state index contributed by atoms with van der Waals surface area (Å²) >= 11 is 0. The van der Waals surface area contributed by atoms with Crippen LogP contribution in [0.25, 0.3) is 27.9 Å². The molecule has 0 fully saturated rings. The molecule has 0 aliphatic carbocycles. The Morgan fingerprint density at radius 2 is 1.81 bits per heavy atom. The quantitative estimate of drug-likeness (QED) is 0.133. The van der Waals surface area contributed by atoms with E-state index in [4.69, 9.17) is 9.02 Å². The van der Waals surface area contributed by atoms with Gasteiger partial charge in [-0.15, -0.1) is 0 Å². The molecular weight excluding hydrogens is 592 g/mol. The summed E-state index contributed by atoms with van der Waals surface area (Å²) in [4.78, 5) is 1.95. The van der Waals surface area contributed by atoms with Crippen molar-refractivity contribution < 1.29 is 35.0 Å². The van der Waals surface area contributed by atoms with E-state index < -0.39 is 26.0 Å². The molecule has 0 saturated heterocycles. The molecule has 1 aliphatic rings. The van der Waals surface area contributed by atoms with Crippen LogP contribution in [0.1, 0.15) is 38.1 Å². The van der Waals surface area contributed by atoms with Crippen LogP contribution in [0, 0.1) is 6.92 Å². The third kappa shape index (κ3) is 6.86. The molecular formula is C30H36N4O7S2. The van der Waals surface area contributed by atoms with E-state index in [1.165, 1.54) is 0 Å². The lowest BCUT2D eigenvalue weighted by Gasteiger charge is -2.18. The summed E-state index contributed by atoms with van der Waals surface area (Å²) in [7, 11) is -8.14. The first-order chi connectivity index (χ1) is 20.5. The van der Waals surface area contributed by atoms with Crippen molar-refractivity contribution in [3.05, 3.63) is 71.9 Å². The Labute approximate surface area is 252 Å².